The van der Waals surface area contributed by atoms with E-state index in [0.29, 0.717) is 10.0 Å². The van der Waals surface area contributed by atoms with Crippen molar-refractivity contribution >= 4 is 21.9 Å². The van der Waals surface area contributed by atoms with Crippen LogP contribution in [0.5, 0.6) is 0 Å². The monoisotopic (exact) mass is 325 g/mol. The van der Waals surface area contributed by atoms with Crippen LogP contribution >= 0.6 is 15.9 Å². The minimum absolute atomic E-state index is 0.314. The van der Waals surface area contributed by atoms with Crippen molar-refractivity contribution in [2.75, 3.05) is 7.11 Å². The lowest BCUT2D eigenvalue weighted by Crippen LogP contribution is -2.05. The van der Waals surface area contributed by atoms with Gasteiger partial charge in [-0.3, -0.25) is 0 Å². The molecule has 0 bridgehead atoms. The maximum absolute atomic E-state index is 13.1. The molecule has 0 fully saturated rings. The molecule has 0 radical (unpaired) electrons. The van der Waals surface area contributed by atoms with E-state index >= 15 is 0 Å². The molecule has 5 heteroatoms. The van der Waals surface area contributed by atoms with Crippen molar-refractivity contribution in [1.82, 2.24) is 4.57 Å². The van der Waals surface area contributed by atoms with Gasteiger partial charge in [0.1, 0.15) is 5.82 Å². The fourth-order valence-corrected chi connectivity index (χ4v) is 2.64. The summed E-state index contributed by atoms with van der Waals surface area (Å²) >= 11 is 3.34. The lowest BCUT2D eigenvalue weighted by molar-refractivity contribution is 0.0600. The lowest BCUT2D eigenvalue weighted by atomic mass is 10.2. The maximum atomic E-state index is 13.1. The molecule has 0 aliphatic carbocycles. The van der Waals surface area contributed by atoms with Crippen molar-refractivity contribution in [3.8, 4) is 5.69 Å². The van der Waals surface area contributed by atoms with Gasteiger partial charge in [0.25, 0.3) is 0 Å². The van der Waals surface area contributed by atoms with Crippen molar-refractivity contribution < 1.29 is 13.9 Å². The predicted molar refractivity (Wildman–Crippen MR) is 74.2 cm³/mol. The summed E-state index contributed by atoms with van der Waals surface area (Å²) in [5.41, 5.74) is 2.93. The highest BCUT2D eigenvalue weighted by molar-refractivity contribution is 9.10. The zero-order chi connectivity index (χ0) is 14.2. The van der Waals surface area contributed by atoms with Crippen molar-refractivity contribution in [1.29, 1.82) is 0 Å². The first kappa shape index (κ1) is 13.8. The van der Waals surface area contributed by atoms with Crippen molar-refractivity contribution in [3.63, 3.8) is 0 Å². The number of ether oxygens (including phenoxy) is 1. The average molecular weight is 326 g/mol. The SMILES string of the molecule is COC(=O)c1cc(C)n(-c2ccc(F)cc2Br)c1C. The Morgan fingerprint density at radius 2 is 2.00 bits per heavy atom. The first-order valence-corrected chi connectivity index (χ1v) is 6.47. The van der Waals surface area contributed by atoms with E-state index < -0.39 is 0 Å². The van der Waals surface area contributed by atoms with Crippen molar-refractivity contribution in [3.05, 3.63) is 51.5 Å². The molecule has 2 rings (SSSR count). The summed E-state index contributed by atoms with van der Waals surface area (Å²) in [7, 11) is 1.35. The molecular weight excluding hydrogens is 313 g/mol. The molecule has 1 heterocycles. The van der Waals surface area contributed by atoms with Gasteiger partial charge in [0, 0.05) is 15.9 Å². The molecule has 19 heavy (non-hydrogen) atoms. The molecule has 0 saturated carbocycles. The van der Waals surface area contributed by atoms with Crippen LogP contribution < -0.4 is 0 Å². The number of methoxy groups -OCH3 is 1. The molecule has 1 aromatic carbocycles. The van der Waals surface area contributed by atoms with Crippen LogP contribution in [-0.2, 0) is 4.74 Å². The molecule has 1 aromatic heterocycles. The molecule has 0 atom stereocenters. The first-order valence-electron chi connectivity index (χ1n) is 5.68. The van der Waals surface area contributed by atoms with Gasteiger partial charge in [-0.05, 0) is 54.0 Å². The Morgan fingerprint density at radius 1 is 1.32 bits per heavy atom. The van der Waals surface area contributed by atoms with Gasteiger partial charge in [-0.1, -0.05) is 0 Å². The van der Waals surface area contributed by atoms with E-state index in [1.807, 2.05) is 18.4 Å². The molecule has 0 saturated heterocycles. The Kier molecular flexibility index (Phi) is 3.75. The summed E-state index contributed by atoms with van der Waals surface area (Å²) in [6.07, 6.45) is 0. The Balaban J connectivity index is 2.63. The first-order chi connectivity index (χ1) is 8.95. The number of aromatic nitrogens is 1. The highest BCUT2D eigenvalue weighted by atomic mass is 79.9. The van der Waals surface area contributed by atoms with E-state index in [1.54, 1.807) is 12.1 Å². The van der Waals surface area contributed by atoms with Crippen LogP contribution in [0.1, 0.15) is 21.7 Å². The van der Waals surface area contributed by atoms with E-state index in [2.05, 4.69) is 15.9 Å². The molecule has 0 unspecified atom stereocenters. The van der Waals surface area contributed by atoms with E-state index in [1.165, 1.54) is 19.2 Å². The summed E-state index contributed by atoms with van der Waals surface area (Å²) in [6, 6.07) is 6.21. The number of aryl methyl sites for hydroxylation is 1. The minimum atomic E-state index is -0.377. The zero-order valence-electron chi connectivity index (χ0n) is 10.8. The second-order valence-electron chi connectivity index (χ2n) is 4.21. The van der Waals surface area contributed by atoms with Crippen LogP contribution in [0.3, 0.4) is 0 Å². The standard InChI is InChI=1S/C14H13BrFNO2/c1-8-6-11(14(18)19-3)9(2)17(8)13-5-4-10(16)7-12(13)15/h4-7H,1-3H3. The van der Waals surface area contributed by atoms with Gasteiger partial charge in [-0.25, -0.2) is 9.18 Å². The molecule has 0 amide bonds. The van der Waals surface area contributed by atoms with Crippen LogP contribution in [0, 0.1) is 19.7 Å². The minimum Gasteiger partial charge on any atom is -0.465 e. The Labute approximate surface area is 119 Å². The van der Waals surface area contributed by atoms with Gasteiger partial charge in [-0.2, -0.15) is 0 Å². The third-order valence-corrected chi connectivity index (χ3v) is 3.62. The number of rotatable bonds is 2. The van der Waals surface area contributed by atoms with Gasteiger partial charge < -0.3 is 9.30 Å². The number of nitrogens with zero attached hydrogens (tertiary/aromatic N) is 1. The molecule has 0 aliphatic rings. The number of esters is 1. The molecule has 2 aromatic rings. The van der Waals surface area contributed by atoms with Crippen LogP contribution in [0.25, 0.3) is 5.69 Å². The Morgan fingerprint density at radius 3 is 2.58 bits per heavy atom. The molecule has 100 valence electrons. The van der Waals surface area contributed by atoms with E-state index in [-0.39, 0.29) is 11.8 Å². The van der Waals surface area contributed by atoms with E-state index in [0.717, 1.165) is 17.1 Å². The highest BCUT2D eigenvalue weighted by Gasteiger charge is 2.18. The molecule has 0 spiro atoms. The van der Waals surface area contributed by atoms with Crippen LogP contribution in [0.2, 0.25) is 0 Å². The number of carbonyl (C=O) groups excluding carboxylic acids is 1. The number of hydrogen-bond acceptors (Lipinski definition) is 2. The molecule has 0 N–H and O–H groups in total. The third-order valence-electron chi connectivity index (χ3n) is 2.99. The summed E-state index contributed by atoms with van der Waals surface area (Å²) in [4.78, 5) is 11.7. The number of carbonyl (C=O) groups is 1. The summed E-state index contributed by atoms with van der Waals surface area (Å²) in [5, 5.41) is 0. The molecule has 0 aliphatic heterocycles. The van der Waals surface area contributed by atoms with Crippen molar-refractivity contribution in [2.24, 2.45) is 0 Å². The largest absolute Gasteiger partial charge is 0.465 e. The third kappa shape index (κ3) is 2.42. The molecule has 3 nitrogen and oxygen atoms in total. The van der Waals surface area contributed by atoms with E-state index in [4.69, 9.17) is 4.74 Å². The maximum Gasteiger partial charge on any atom is 0.339 e. The fraction of sp³-hybridized carbons (Fsp3) is 0.214. The number of hydrogen-bond donors (Lipinski definition) is 0. The lowest BCUT2D eigenvalue weighted by Gasteiger charge is -2.12. The zero-order valence-corrected chi connectivity index (χ0v) is 12.4. The normalized spacial score (nSPS) is 10.6. The quantitative estimate of drug-likeness (QED) is 0.787. The van der Waals surface area contributed by atoms with Crippen LogP contribution in [0.15, 0.2) is 28.7 Å². The van der Waals surface area contributed by atoms with Crippen LogP contribution in [-0.4, -0.2) is 17.6 Å². The average Bonchev–Trinajstić information content (AvgIpc) is 2.65. The topological polar surface area (TPSA) is 31.2 Å². The molecular formula is C14H13BrFNO2. The summed E-state index contributed by atoms with van der Waals surface area (Å²) < 4.78 is 20.4. The van der Waals surface area contributed by atoms with Crippen molar-refractivity contribution in [2.45, 2.75) is 13.8 Å². The van der Waals surface area contributed by atoms with Crippen LogP contribution in [0.4, 0.5) is 4.39 Å². The predicted octanol–water partition coefficient (Wildman–Crippen LogP) is 3.78. The number of halogens is 2. The van der Waals surface area contributed by atoms with Gasteiger partial charge in [0.2, 0.25) is 0 Å². The van der Waals surface area contributed by atoms with E-state index in [9.17, 15) is 9.18 Å². The van der Waals surface area contributed by atoms with Gasteiger partial charge in [-0.15, -0.1) is 0 Å². The fourth-order valence-electron chi connectivity index (χ4n) is 2.11. The summed E-state index contributed by atoms with van der Waals surface area (Å²) in [6.45, 7) is 3.71. The van der Waals surface area contributed by atoms with Gasteiger partial charge in [0.05, 0.1) is 18.4 Å². The number of benzene rings is 1. The Hall–Kier alpha value is -1.62. The smallest absolute Gasteiger partial charge is 0.339 e. The highest BCUT2D eigenvalue weighted by Crippen LogP contribution is 2.27. The summed E-state index contributed by atoms with van der Waals surface area (Å²) in [5.74, 6) is -0.691. The second kappa shape index (κ2) is 5.17. The van der Waals surface area contributed by atoms with Gasteiger partial charge >= 0.3 is 5.97 Å². The van der Waals surface area contributed by atoms with Gasteiger partial charge in [0.15, 0.2) is 0 Å². The second-order valence-corrected chi connectivity index (χ2v) is 5.06. The Bertz CT molecular complexity index is 649.